The number of para-hydroxylation sites is 3. The largest absolute Gasteiger partial charge is 0.331 e. The van der Waals surface area contributed by atoms with Crippen LogP contribution in [0.2, 0.25) is 0 Å². The van der Waals surface area contributed by atoms with Crippen LogP contribution in [0.4, 0.5) is 28.4 Å². The van der Waals surface area contributed by atoms with E-state index in [2.05, 4.69) is 181 Å². The van der Waals surface area contributed by atoms with E-state index in [-0.39, 0.29) is 5.54 Å². The highest BCUT2D eigenvalue weighted by Gasteiger charge is 2.41. The molecule has 0 radical (unpaired) electrons. The van der Waals surface area contributed by atoms with E-state index in [1.807, 2.05) is 0 Å². The Hall–Kier alpha value is -5.08. The van der Waals surface area contributed by atoms with Gasteiger partial charge in [-0.1, -0.05) is 116 Å². The second-order valence-corrected chi connectivity index (χ2v) is 12.6. The predicted molar refractivity (Wildman–Crippen MR) is 196 cm³/mol. The second-order valence-electron chi connectivity index (χ2n) is 12.6. The SMILES string of the molecule is Cc1cc(-c2ccc(N(c3ccccc3)C3(c4ccccc4)CCCCC3)c(C)c2)ccc1N(c1ccccc1)c1ccccc1. The van der Waals surface area contributed by atoms with Crippen LogP contribution in [-0.2, 0) is 5.54 Å². The van der Waals surface area contributed by atoms with Crippen LogP contribution < -0.4 is 9.80 Å². The monoisotopic (exact) mass is 598 g/mol. The van der Waals surface area contributed by atoms with Crippen LogP contribution in [-0.4, -0.2) is 0 Å². The van der Waals surface area contributed by atoms with E-state index in [0.29, 0.717) is 0 Å². The molecule has 1 aliphatic rings. The average molecular weight is 599 g/mol. The highest BCUT2D eigenvalue weighted by atomic mass is 15.2. The van der Waals surface area contributed by atoms with Gasteiger partial charge < -0.3 is 9.80 Å². The lowest BCUT2D eigenvalue weighted by molar-refractivity contribution is 0.298. The molecule has 1 saturated carbocycles. The van der Waals surface area contributed by atoms with Gasteiger partial charge in [0, 0.05) is 28.4 Å². The van der Waals surface area contributed by atoms with Gasteiger partial charge in [-0.25, -0.2) is 0 Å². The van der Waals surface area contributed by atoms with Crippen LogP contribution >= 0.6 is 0 Å². The van der Waals surface area contributed by atoms with Crippen LogP contribution in [0.15, 0.2) is 158 Å². The average Bonchev–Trinajstić information content (AvgIpc) is 3.12. The molecule has 0 N–H and O–H groups in total. The number of benzene rings is 6. The molecule has 0 amide bonds. The van der Waals surface area contributed by atoms with Gasteiger partial charge in [-0.2, -0.15) is 0 Å². The first-order chi connectivity index (χ1) is 22.6. The van der Waals surface area contributed by atoms with E-state index in [4.69, 9.17) is 0 Å². The Balaban J connectivity index is 1.29. The molecule has 0 heterocycles. The molecule has 2 heteroatoms. The third-order valence-corrected chi connectivity index (χ3v) is 9.67. The maximum absolute atomic E-state index is 2.66. The molecule has 1 fully saturated rings. The van der Waals surface area contributed by atoms with E-state index < -0.39 is 0 Å². The number of rotatable bonds is 8. The number of hydrogen-bond acceptors (Lipinski definition) is 2. The van der Waals surface area contributed by atoms with Gasteiger partial charge in [0.05, 0.1) is 5.54 Å². The zero-order chi connectivity index (χ0) is 31.3. The Labute approximate surface area is 274 Å². The fourth-order valence-electron chi connectivity index (χ4n) is 7.47. The molecule has 0 unspecified atom stereocenters. The molecular weight excluding hydrogens is 556 g/mol. The van der Waals surface area contributed by atoms with Crippen LogP contribution in [0.25, 0.3) is 11.1 Å². The summed E-state index contributed by atoms with van der Waals surface area (Å²) < 4.78 is 0. The molecule has 0 bridgehead atoms. The quantitative estimate of drug-likeness (QED) is 0.172. The molecule has 0 spiro atoms. The summed E-state index contributed by atoms with van der Waals surface area (Å²) >= 11 is 0. The van der Waals surface area contributed by atoms with Crippen LogP contribution in [0.5, 0.6) is 0 Å². The minimum absolute atomic E-state index is 0.0797. The molecule has 1 aliphatic carbocycles. The maximum Gasteiger partial charge on any atom is 0.0702 e. The van der Waals surface area contributed by atoms with Crippen molar-refractivity contribution < 1.29 is 0 Å². The van der Waals surface area contributed by atoms with Gasteiger partial charge in [-0.05, 0) is 115 Å². The topological polar surface area (TPSA) is 6.48 Å². The van der Waals surface area contributed by atoms with Crippen molar-refractivity contribution in [3.63, 3.8) is 0 Å². The van der Waals surface area contributed by atoms with Gasteiger partial charge in [0.1, 0.15) is 0 Å². The minimum Gasteiger partial charge on any atom is -0.331 e. The van der Waals surface area contributed by atoms with Crippen LogP contribution in [0, 0.1) is 13.8 Å². The Morgan fingerprint density at radius 3 is 1.35 bits per heavy atom. The summed E-state index contributed by atoms with van der Waals surface area (Å²) in [6, 6.07) is 57.5. The summed E-state index contributed by atoms with van der Waals surface area (Å²) in [6.07, 6.45) is 6.07. The molecule has 0 saturated heterocycles. The van der Waals surface area contributed by atoms with Crippen molar-refractivity contribution in [1.29, 1.82) is 0 Å². The van der Waals surface area contributed by atoms with Gasteiger partial charge in [0.15, 0.2) is 0 Å². The molecule has 2 nitrogen and oxygen atoms in total. The lowest BCUT2D eigenvalue weighted by Gasteiger charge is -2.49. The van der Waals surface area contributed by atoms with E-state index in [1.54, 1.807) is 0 Å². The summed E-state index contributed by atoms with van der Waals surface area (Å²) in [5.41, 5.74) is 12.4. The summed E-state index contributed by atoms with van der Waals surface area (Å²) in [5.74, 6) is 0. The van der Waals surface area contributed by atoms with Crippen molar-refractivity contribution in [3.05, 3.63) is 174 Å². The Morgan fingerprint density at radius 2 is 0.870 bits per heavy atom. The van der Waals surface area contributed by atoms with Gasteiger partial charge in [-0.15, -0.1) is 0 Å². The highest BCUT2D eigenvalue weighted by molar-refractivity contribution is 5.81. The third kappa shape index (κ3) is 5.72. The lowest BCUT2D eigenvalue weighted by Crippen LogP contribution is -2.45. The first-order valence-electron chi connectivity index (χ1n) is 16.7. The highest BCUT2D eigenvalue weighted by Crippen LogP contribution is 2.49. The molecule has 46 heavy (non-hydrogen) atoms. The molecule has 7 rings (SSSR count). The predicted octanol–water partition coefficient (Wildman–Crippen LogP) is 12.4. The van der Waals surface area contributed by atoms with Crippen molar-refractivity contribution in [2.45, 2.75) is 51.5 Å². The van der Waals surface area contributed by atoms with E-state index in [9.17, 15) is 0 Å². The molecule has 6 aromatic carbocycles. The van der Waals surface area contributed by atoms with Gasteiger partial charge >= 0.3 is 0 Å². The normalized spacial score (nSPS) is 14.0. The van der Waals surface area contributed by atoms with E-state index in [0.717, 1.165) is 24.2 Å². The summed E-state index contributed by atoms with van der Waals surface area (Å²) in [7, 11) is 0. The molecule has 0 aromatic heterocycles. The Kier molecular flexibility index (Phi) is 8.44. The summed E-state index contributed by atoms with van der Waals surface area (Å²) in [5, 5.41) is 0. The summed E-state index contributed by atoms with van der Waals surface area (Å²) in [6.45, 7) is 4.51. The number of anilines is 5. The van der Waals surface area contributed by atoms with Crippen molar-refractivity contribution in [1.82, 2.24) is 0 Å². The molecule has 228 valence electrons. The standard InChI is InChI=1S/C44H42N2/c1-34-32-36(26-28-42(34)45(39-20-10-4-11-21-39)40-22-12-5-13-23-40)37-27-29-43(35(2)33-37)46(41-24-14-6-15-25-41)44(30-16-7-17-31-44)38-18-8-3-9-19-38/h3-6,8-15,18-29,32-33H,7,16-17,30-31H2,1-2H3. The first kappa shape index (κ1) is 29.6. The van der Waals surface area contributed by atoms with E-state index >= 15 is 0 Å². The van der Waals surface area contributed by atoms with Crippen LogP contribution in [0.1, 0.15) is 48.8 Å². The number of nitrogens with zero attached hydrogens (tertiary/aromatic N) is 2. The molecule has 6 aromatic rings. The maximum atomic E-state index is 2.66. The zero-order valence-corrected chi connectivity index (χ0v) is 26.9. The zero-order valence-electron chi connectivity index (χ0n) is 26.9. The van der Waals surface area contributed by atoms with Crippen molar-refractivity contribution in [3.8, 4) is 11.1 Å². The number of aryl methyl sites for hydroxylation is 2. The number of hydrogen-bond donors (Lipinski definition) is 0. The van der Waals surface area contributed by atoms with Gasteiger partial charge in [0.25, 0.3) is 0 Å². The van der Waals surface area contributed by atoms with Crippen molar-refractivity contribution >= 4 is 28.4 Å². The third-order valence-electron chi connectivity index (χ3n) is 9.67. The van der Waals surface area contributed by atoms with Crippen molar-refractivity contribution in [2.24, 2.45) is 0 Å². The minimum atomic E-state index is -0.0797. The van der Waals surface area contributed by atoms with Gasteiger partial charge in [0.2, 0.25) is 0 Å². The Bertz CT molecular complexity index is 1840. The first-order valence-corrected chi connectivity index (χ1v) is 16.7. The molecule has 0 aliphatic heterocycles. The fourth-order valence-corrected chi connectivity index (χ4v) is 7.47. The lowest BCUT2D eigenvalue weighted by atomic mass is 9.74. The van der Waals surface area contributed by atoms with Crippen LogP contribution in [0.3, 0.4) is 0 Å². The Morgan fingerprint density at radius 1 is 0.435 bits per heavy atom. The smallest absolute Gasteiger partial charge is 0.0702 e. The van der Waals surface area contributed by atoms with Gasteiger partial charge in [-0.3, -0.25) is 0 Å². The van der Waals surface area contributed by atoms with E-state index in [1.165, 1.54) is 64.1 Å². The second kappa shape index (κ2) is 13.1. The molecule has 0 atom stereocenters. The van der Waals surface area contributed by atoms with Crippen molar-refractivity contribution in [2.75, 3.05) is 9.80 Å². The molecular formula is C44H42N2. The fraction of sp³-hybridized carbons (Fsp3) is 0.182. The summed E-state index contributed by atoms with van der Waals surface area (Å²) in [4.78, 5) is 5.00.